The lowest BCUT2D eigenvalue weighted by molar-refractivity contribution is 0.0929. The summed E-state index contributed by atoms with van der Waals surface area (Å²) in [7, 11) is 3.15. The van der Waals surface area contributed by atoms with Crippen LogP contribution in [0.5, 0.6) is 5.75 Å². The van der Waals surface area contributed by atoms with E-state index in [0.717, 1.165) is 11.3 Å². The second kappa shape index (κ2) is 9.73. The average Bonchev–Trinajstić information content (AvgIpc) is 3.16. The maximum Gasteiger partial charge on any atom is 0.277 e. The molecular formula is C22H25N5O4S. The first kappa shape index (κ1) is 23.1. The van der Waals surface area contributed by atoms with Crippen molar-refractivity contribution in [2.45, 2.75) is 20.8 Å². The van der Waals surface area contributed by atoms with Crippen LogP contribution in [0.15, 0.2) is 29.1 Å². The molecule has 10 heteroatoms. The predicted octanol–water partition coefficient (Wildman–Crippen LogP) is 2.00. The van der Waals surface area contributed by atoms with Gasteiger partial charge in [0.15, 0.2) is 0 Å². The Labute approximate surface area is 189 Å². The van der Waals surface area contributed by atoms with E-state index in [4.69, 9.17) is 4.74 Å². The van der Waals surface area contributed by atoms with Crippen LogP contribution in [0.3, 0.4) is 0 Å². The lowest BCUT2D eigenvalue weighted by atomic mass is 10.1. The Kier molecular flexibility index (Phi) is 7.04. The summed E-state index contributed by atoms with van der Waals surface area (Å²) >= 11 is 1.17. The first-order valence-electron chi connectivity index (χ1n) is 9.95. The zero-order valence-corrected chi connectivity index (χ0v) is 19.4. The first-order chi connectivity index (χ1) is 15.2. The molecule has 0 saturated carbocycles. The van der Waals surface area contributed by atoms with Gasteiger partial charge in [0.2, 0.25) is 0 Å². The van der Waals surface area contributed by atoms with E-state index in [-0.39, 0.29) is 30.5 Å². The number of aryl methyl sites for hydroxylation is 3. The number of aromatic nitrogens is 3. The molecule has 0 atom stereocenters. The summed E-state index contributed by atoms with van der Waals surface area (Å²) in [5.41, 5.74) is 2.72. The van der Waals surface area contributed by atoms with Gasteiger partial charge in [0.05, 0.1) is 24.1 Å². The number of hydrogen-bond acceptors (Lipinski definition) is 7. The smallest absolute Gasteiger partial charge is 0.277 e. The van der Waals surface area contributed by atoms with Crippen LogP contribution < -0.4 is 20.9 Å². The van der Waals surface area contributed by atoms with Crippen molar-refractivity contribution in [1.82, 2.24) is 25.4 Å². The molecular weight excluding hydrogens is 430 g/mol. The number of nitrogens with zero attached hydrogens (tertiary/aromatic N) is 3. The number of benzene rings is 1. The van der Waals surface area contributed by atoms with Crippen LogP contribution in [0.4, 0.5) is 0 Å². The molecule has 2 N–H and O–H groups in total. The van der Waals surface area contributed by atoms with Gasteiger partial charge in [0.25, 0.3) is 17.4 Å². The Morgan fingerprint density at radius 3 is 2.28 bits per heavy atom. The third kappa shape index (κ3) is 4.86. The molecule has 2 amide bonds. The Morgan fingerprint density at radius 1 is 1.03 bits per heavy atom. The summed E-state index contributed by atoms with van der Waals surface area (Å²) in [4.78, 5) is 42.3. The fourth-order valence-electron chi connectivity index (χ4n) is 3.09. The maximum atomic E-state index is 12.6. The van der Waals surface area contributed by atoms with Gasteiger partial charge in [0, 0.05) is 25.7 Å². The molecule has 0 bridgehead atoms. The minimum Gasteiger partial charge on any atom is -0.497 e. The van der Waals surface area contributed by atoms with Gasteiger partial charge in [-0.05, 0) is 50.6 Å². The van der Waals surface area contributed by atoms with Gasteiger partial charge in [0.1, 0.15) is 15.6 Å². The average molecular weight is 456 g/mol. The predicted molar refractivity (Wildman–Crippen MR) is 122 cm³/mol. The van der Waals surface area contributed by atoms with Crippen LogP contribution in [-0.4, -0.2) is 46.8 Å². The molecule has 3 rings (SSSR count). The van der Waals surface area contributed by atoms with Crippen molar-refractivity contribution in [2.75, 3.05) is 20.2 Å². The van der Waals surface area contributed by atoms with E-state index in [1.807, 2.05) is 13.8 Å². The molecule has 9 nitrogen and oxygen atoms in total. The molecule has 1 aromatic carbocycles. The number of amides is 2. The van der Waals surface area contributed by atoms with Crippen LogP contribution in [0.1, 0.15) is 37.0 Å². The number of ether oxygens (including phenoxy) is 1. The van der Waals surface area contributed by atoms with Gasteiger partial charge in [-0.15, -0.1) is 11.3 Å². The van der Waals surface area contributed by atoms with Crippen molar-refractivity contribution in [3.8, 4) is 16.3 Å². The number of thiazole rings is 1. The lowest BCUT2D eigenvalue weighted by Crippen LogP contribution is -2.34. The number of nitrogens with one attached hydrogen (secondary N) is 2. The van der Waals surface area contributed by atoms with Gasteiger partial charge >= 0.3 is 0 Å². The van der Waals surface area contributed by atoms with Crippen LogP contribution in [0.2, 0.25) is 0 Å². The zero-order chi connectivity index (χ0) is 23.4. The number of carbonyl (C=O) groups excluding carboxylic acids is 2. The molecule has 168 valence electrons. The van der Waals surface area contributed by atoms with E-state index in [9.17, 15) is 14.4 Å². The van der Waals surface area contributed by atoms with Crippen LogP contribution in [0.25, 0.3) is 10.6 Å². The van der Waals surface area contributed by atoms with Crippen molar-refractivity contribution in [3.05, 3.63) is 62.0 Å². The summed E-state index contributed by atoms with van der Waals surface area (Å²) in [5, 5.41) is 10.2. The number of rotatable bonds is 7. The second-order valence-corrected chi connectivity index (χ2v) is 8.19. The Balaban J connectivity index is 1.63. The van der Waals surface area contributed by atoms with E-state index < -0.39 is 0 Å². The molecule has 0 saturated heterocycles. The molecule has 0 unspecified atom stereocenters. The summed E-state index contributed by atoms with van der Waals surface area (Å²) in [6.45, 7) is 5.90. The molecule has 32 heavy (non-hydrogen) atoms. The molecule has 3 aromatic rings. The highest BCUT2D eigenvalue weighted by atomic mass is 32.1. The fourth-order valence-corrected chi connectivity index (χ4v) is 4.17. The molecule has 0 radical (unpaired) electrons. The van der Waals surface area contributed by atoms with Crippen LogP contribution >= 0.6 is 11.3 Å². The summed E-state index contributed by atoms with van der Waals surface area (Å²) in [6.07, 6.45) is 0. The summed E-state index contributed by atoms with van der Waals surface area (Å²) < 4.78 is 6.35. The van der Waals surface area contributed by atoms with Gasteiger partial charge in [-0.3, -0.25) is 14.4 Å². The lowest BCUT2D eigenvalue weighted by Gasteiger charge is -2.07. The SMILES string of the molecule is COc1ccc(C(=O)NCCNC(=O)c2sc(-c3c(C)c(C)nn(C)c3=O)nc2C)cc1. The Morgan fingerprint density at radius 2 is 1.66 bits per heavy atom. The monoisotopic (exact) mass is 455 g/mol. The molecule has 2 aromatic heterocycles. The first-order valence-corrected chi connectivity index (χ1v) is 10.8. The number of methoxy groups -OCH3 is 1. The molecule has 2 heterocycles. The van der Waals surface area contributed by atoms with Gasteiger partial charge in [-0.2, -0.15) is 5.10 Å². The molecule has 0 aliphatic heterocycles. The molecule has 0 fully saturated rings. The normalized spacial score (nSPS) is 10.7. The van der Waals surface area contributed by atoms with Crippen molar-refractivity contribution < 1.29 is 14.3 Å². The van der Waals surface area contributed by atoms with Crippen molar-refractivity contribution in [3.63, 3.8) is 0 Å². The highest BCUT2D eigenvalue weighted by Gasteiger charge is 2.21. The minimum absolute atomic E-state index is 0.238. The number of hydrogen-bond donors (Lipinski definition) is 2. The van der Waals surface area contributed by atoms with Gasteiger partial charge in [-0.1, -0.05) is 0 Å². The highest BCUT2D eigenvalue weighted by Crippen LogP contribution is 2.28. The topological polar surface area (TPSA) is 115 Å². The van der Waals surface area contributed by atoms with Gasteiger partial charge < -0.3 is 15.4 Å². The Bertz CT molecular complexity index is 1210. The van der Waals surface area contributed by atoms with E-state index in [1.54, 1.807) is 45.3 Å². The summed E-state index contributed by atoms with van der Waals surface area (Å²) in [6, 6.07) is 6.75. The third-order valence-corrected chi connectivity index (χ3v) is 6.16. The van der Waals surface area contributed by atoms with Crippen LogP contribution in [-0.2, 0) is 7.05 Å². The van der Waals surface area contributed by atoms with E-state index >= 15 is 0 Å². The fraction of sp³-hybridized carbons (Fsp3) is 0.318. The standard InChI is InChI=1S/C22H25N5O4S/c1-12-13(2)26-27(4)22(30)17(12)21-25-14(3)18(32-21)20(29)24-11-10-23-19(28)15-6-8-16(31-5)9-7-15/h6-9H,10-11H2,1-5H3,(H,23,28)(H,24,29). The van der Waals surface area contributed by atoms with E-state index in [0.29, 0.717) is 32.5 Å². The quantitative estimate of drug-likeness (QED) is 0.527. The summed E-state index contributed by atoms with van der Waals surface area (Å²) in [5.74, 6) is 0.130. The van der Waals surface area contributed by atoms with E-state index in [2.05, 4.69) is 20.7 Å². The number of carbonyl (C=O) groups is 2. The van der Waals surface area contributed by atoms with Crippen LogP contribution in [0, 0.1) is 20.8 Å². The zero-order valence-electron chi connectivity index (χ0n) is 18.6. The van der Waals surface area contributed by atoms with E-state index in [1.165, 1.54) is 16.0 Å². The largest absolute Gasteiger partial charge is 0.497 e. The third-order valence-electron chi connectivity index (χ3n) is 4.99. The van der Waals surface area contributed by atoms with Crippen molar-refractivity contribution in [1.29, 1.82) is 0 Å². The second-order valence-electron chi connectivity index (χ2n) is 7.19. The maximum absolute atomic E-state index is 12.6. The molecule has 0 aliphatic rings. The van der Waals surface area contributed by atoms with Crippen molar-refractivity contribution >= 4 is 23.2 Å². The highest BCUT2D eigenvalue weighted by molar-refractivity contribution is 7.17. The van der Waals surface area contributed by atoms with Gasteiger partial charge in [-0.25, -0.2) is 9.67 Å². The Hall–Kier alpha value is -3.53. The molecule has 0 aliphatic carbocycles. The van der Waals surface area contributed by atoms with Crippen molar-refractivity contribution in [2.24, 2.45) is 7.05 Å². The minimum atomic E-state index is -0.301. The molecule has 0 spiro atoms.